The molecule has 6 heteroatoms. The summed E-state index contributed by atoms with van der Waals surface area (Å²) in [5, 5.41) is 7.93. The van der Waals surface area contributed by atoms with E-state index in [-0.39, 0.29) is 17.7 Å². The van der Waals surface area contributed by atoms with E-state index in [1.54, 1.807) is 4.90 Å². The number of benzene rings is 1. The van der Waals surface area contributed by atoms with Crippen LogP contribution < -0.4 is 0 Å². The number of nitrogens with one attached hydrogen (secondary N) is 1. The van der Waals surface area contributed by atoms with Crippen LogP contribution in [0.1, 0.15) is 23.8 Å². The average molecular weight is 312 g/mol. The van der Waals surface area contributed by atoms with Gasteiger partial charge in [0.1, 0.15) is 0 Å². The minimum Gasteiger partial charge on any atom is -0.339 e. The second kappa shape index (κ2) is 5.37. The maximum Gasteiger partial charge on any atom is 0.275 e. The van der Waals surface area contributed by atoms with E-state index >= 15 is 0 Å². The highest BCUT2D eigenvalue weighted by molar-refractivity contribution is 6.04. The molecule has 1 aromatic carbocycles. The van der Waals surface area contributed by atoms with Crippen LogP contribution in [0.3, 0.4) is 0 Å². The van der Waals surface area contributed by atoms with E-state index < -0.39 is 0 Å². The summed E-state index contributed by atoms with van der Waals surface area (Å²) in [5.74, 6) is 0.939. The van der Waals surface area contributed by atoms with E-state index in [1.165, 1.54) is 0 Å². The van der Waals surface area contributed by atoms with Crippen molar-refractivity contribution >= 4 is 22.7 Å². The summed E-state index contributed by atoms with van der Waals surface area (Å²) in [7, 11) is 0. The molecule has 1 saturated heterocycles. The van der Waals surface area contributed by atoms with Gasteiger partial charge in [-0.3, -0.25) is 14.7 Å². The third-order valence-electron chi connectivity index (χ3n) is 4.98. The summed E-state index contributed by atoms with van der Waals surface area (Å²) >= 11 is 0. The summed E-state index contributed by atoms with van der Waals surface area (Å²) in [4.78, 5) is 28.6. The number of hydrogen-bond donors (Lipinski definition) is 1. The Balaban J connectivity index is 1.44. The zero-order valence-electron chi connectivity index (χ0n) is 13.2. The van der Waals surface area contributed by atoms with E-state index in [4.69, 9.17) is 0 Å². The van der Waals surface area contributed by atoms with Gasteiger partial charge in [0.15, 0.2) is 5.69 Å². The van der Waals surface area contributed by atoms with Gasteiger partial charge in [-0.25, -0.2) is 0 Å². The Kier molecular flexibility index (Phi) is 3.32. The standard InChI is InChI=1S/C17H20N4O2/c1-11-10-13(11)16(22)20-6-8-21(9-7-20)17(23)15-12-4-2-3-5-14(12)18-19-15/h2-5,11,13H,6-10H2,1H3,(H,18,19)/t11-,13-/m0/s1. The molecule has 0 radical (unpaired) electrons. The van der Waals surface area contributed by atoms with Gasteiger partial charge in [0.05, 0.1) is 5.52 Å². The molecule has 2 amide bonds. The first-order chi connectivity index (χ1) is 11.1. The number of aromatic amines is 1. The first-order valence-electron chi connectivity index (χ1n) is 8.16. The number of H-pyrrole nitrogens is 1. The molecule has 1 aromatic heterocycles. The number of carbonyl (C=O) groups is 2. The van der Waals surface area contributed by atoms with Crippen molar-refractivity contribution < 1.29 is 9.59 Å². The summed E-state index contributed by atoms with van der Waals surface area (Å²) < 4.78 is 0. The molecule has 2 heterocycles. The van der Waals surface area contributed by atoms with Gasteiger partial charge in [-0.1, -0.05) is 25.1 Å². The number of carbonyl (C=O) groups excluding carboxylic acids is 2. The average Bonchev–Trinajstić information content (AvgIpc) is 3.17. The van der Waals surface area contributed by atoms with E-state index in [2.05, 4.69) is 17.1 Å². The van der Waals surface area contributed by atoms with Crippen LogP contribution in [0.5, 0.6) is 0 Å². The van der Waals surface area contributed by atoms with Crippen LogP contribution >= 0.6 is 0 Å². The van der Waals surface area contributed by atoms with Crippen LogP contribution in [-0.4, -0.2) is 58.0 Å². The molecule has 2 fully saturated rings. The number of nitrogens with zero attached hydrogens (tertiary/aromatic N) is 3. The number of rotatable bonds is 2. The third-order valence-corrected chi connectivity index (χ3v) is 4.98. The molecule has 2 aromatic rings. The maximum absolute atomic E-state index is 12.7. The van der Waals surface area contributed by atoms with E-state index in [1.807, 2.05) is 29.2 Å². The Morgan fingerprint density at radius 2 is 1.78 bits per heavy atom. The Hall–Kier alpha value is -2.37. The van der Waals surface area contributed by atoms with Gasteiger partial charge in [0.25, 0.3) is 5.91 Å². The van der Waals surface area contributed by atoms with Gasteiger partial charge in [-0.15, -0.1) is 0 Å². The molecule has 1 N–H and O–H groups in total. The van der Waals surface area contributed by atoms with Crippen LogP contribution in [0, 0.1) is 11.8 Å². The molecule has 120 valence electrons. The lowest BCUT2D eigenvalue weighted by atomic mass is 10.2. The summed E-state index contributed by atoms with van der Waals surface area (Å²) in [5.41, 5.74) is 1.34. The molecular weight excluding hydrogens is 292 g/mol. The molecular formula is C17H20N4O2. The minimum absolute atomic E-state index is 0.0608. The van der Waals surface area contributed by atoms with Gasteiger partial charge >= 0.3 is 0 Å². The molecule has 2 aliphatic rings. The summed E-state index contributed by atoms with van der Waals surface area (Å²) in [6.07, 6.45) is 1.01. The first kappa shape index (κ1) is 14.2. The van der Waals surface area contributed by atoms with Crippen LogP contribution in [0.25, 0.3) is 10.9 Å². The zero-order chi connectivity index (χ0) is 16.0. The fourth-order valence-corrected chi connectivity index (χ4v) is 3.31. The van der Waals surface area contributed by atoms with E-state index in [9.17, 15) is 9.59 Å². The summed E-state index contributed by atoms with van der Waals surface area (Å²) in [6, 6.07) is 7.63. The number of fused-ring (bicyclic) bond motifs is 1. The highest BCUT2D eigenvalue weighted by Crippen LogP contribution is 2.39. The molecule has 0 bridgehead atoms. The molecule has 0 unspecified atom stereocenters. The van der Waals surface area contributed by atoms with Gasteiger partial charge in [-0.05, 0) is 18.4 Å². The van der Waals surface area contributed by atoms with Crippen LogP contribution in [0.4, 0.5) is 0 Å². The number of amides is 2. The van der Waals surface area contributed by atoms with Gasteiger partial charge in [0.2, 0.25) is 5.91 Å². The van der Waals surface area contributed by atoms with Crippen LogP contribution in [-0.2, 0) is 4.79 Å². The number of hydrogen-bond acceptors (Lipinski definition) is 3. The van der Waals surface area contributed by atoms with Crippen molar-refractivity contribution in [3.05, 3.63) is 30.0 Å². The van der Waals surface area contributed by atoms with E-state index in [0.29, 0.717) is 37.8 Å². The van der Waals surface area contributed by atoms with Crippen molar-refractivity contribution in [2.45, 2.75) is 13.3 Å². The van der Waals surface area contributed by atoms with Crippen LogP contribution in [0.15, 0.2) is 24.3 Å². The van der Waals surface area contributed by atoms with Crippen molar-refractivity contribution in [2.75, 3.05) is 26.2 Å². The molecule has 1 saturated carbocycles. The predicted molar refractivity (Wildman–Crippen MR) is 85.8 cm³/mol. The van der Waals surface area contributed by atoms with Crippen molar-refractivity contribution in [1.29, 1.82) is 0 Å². The Morgan fingerprint density at radius 3 is 2.48 bits per heavy atom. The topological polar surface area (TPSA) is 69.3 Å². The summed E-state index contributed by atoms with van der Waals surface area (Å²) in [6.45, 7) is 4.51. The Labute approximate surface area is 134 Å². The van der Waals surface area contributed by atoms with Crippen molar-refractivity contribution in [1.82, 2.24) is 20.0 Å². The SMILES string of the molecule is C[C@H]1C[C@@H]1C(=O)N1CCN(C(=O)c2n[nH]c3ccccc23)CC1. The monoisotopic (exact) mass is 312 g/mol. The lowest BCUT2D eigenvalue weighted by Gasteiger charge is -2.34. The van der Waals surface area contributed by atoms with Crippen molar-refractivity contribution in [3.63, 3.8) is 0 Å². The number of piperazine rings is 1. The Morgan fingerprint density at radius 1 is 1.13 bits per heavy atom. The quantitative estimate of drug-likeness (QED) is 0.914. The molecule has 1 aliphatic carbocycles. The first-order valence-corrected chi connectivity index (χ1v) is 8.16. The zero-order valence-corrected chi connectivity index (χ0v) is 13.2. The lowest BCUT2D eigenvalue weighted by Crippen LogP contribution is -2.51. The maximum atomic E-state index is 12.7. The minimum atomic E-state index is -0.0608. The van der Waals surface area contributed by atoms with Crippen molar-refractivity contribution in [3.8, 4) is 0 Å². The van der Waals surface area contributed by atoms with Gasteiger partial charge in [0, 0.05) is 37.5 Å². The molecule has 0 spiro atoms. The number of para-hydroxylation sites is 1. The van der Waals surface area contributed by atoms with Gasteiger partial charge < -0.3 is 9.80 Å². The van der Waals surface area contributed by atoms with Crippen LogP contribution in [0.2, 0.25) is 0 Å². The normalized spacial score (nSPS) is 24.0. The van der Waals surface area contributed by atoms with E-state index in [0.717, 1.165) is 17.3 Å². The number of aromatic nitrogens is 2. The smallest absolute Gasteiger partial charge is 0.275 e. The highest BCUT2D eigenvalue weighted by Gasteiger charge is 2.42. The molecule has 23 heavy (non-hydrogen) atoms. The molecule has 2 atom stereocenters. The molecule has 6 nitrogen and oxygen atoms in total. The lowest BCUT2D eigenvalue weighted by molar-refractivity contribution is -0.134. The second-order valence-corrected chi connectivity index (χ2v) is 6.55. The molecule has 4 rings (SSSR count). The van der Waals surface area contributed by atoms with Crippen molar-refractivity contribution in [2.24, 2.45) is 11.8 Å². The fraction of sp³-hybridized carbons (Fsp3) is 0.471. The Bertz CT molecular complexity index is 761. The highest BCUT2D eigenvalue weighted by atomic mass is 16.2. The third kappa shape index (κ3) is 2.48. The van der Waals surface area contributed by atoms with Gasteiger partial charge in [-0.2, -0.15) is 5.10 Å². The largest absolute Gasteiger partial charge is 0.339 e. The second-order valence-electron chi connectivity index (χ2n) is 6.55. The fourth-order valence-electron chi connectivity index (χ4n) is 3.31. The predicted octanol–water partition coefficient (Wildman–Crippen LogP) is 1.50. The molecule has 1 aliphatic heterocycles.